The normalized spacial score (nSPS) is 17.6. The lowest BCUT2D eigenvalue weighted by molar-refractivity contribution is -0.124. The summed E-state index contributed by atoms with van der Waals surface area (Å²) in [4.78, 5) is 14.8. The first kappa shape index (κ1) is 17.1. The number of hydrogen-bond donors (Lipinski definition) is 2. The number of aromatic nitrogens is 2. The largest absolute Gasteiger partial charge is 0.374 e. The average molecular weight is 325 g/mol. The van der Waals surface area contributed by atoms with E-state index in [1.54, 1.807) is 0 Å². The van der Waals surface area contributed by atoms with E-state index in [1.807, 2.05) is 13.8 Å². The number of likely N-dealkylation sites (tertiary alicyclic amines) is 1. The lowest BCUT2D eigenvalue weighted by atomic mass is 9.92. The summed E-state index contributed by atoms with van der Waals surface area (Å²) >= 11 is 1.32. The summed E-state index contributed by atoms with van der Waals surface area (Å²) in [5, 5.41) is 12.1. The van der Waals surface area contributed by atoms with Crippen LogP contribution in [0.5, 0.6) is 0 Å². The van der Waals surface area contributed by atoms with E-state index in [2.05, 4.69) is 27.3 Å². The van der Waals surface area contributed by atoms with Crippen LogP contribution in [-0.4, -0.2) is 40.6 Å². The van der Waals surface area contributed by atoms with E-state index in [0.29, 0.717) is 17.5 Å². The average Bonchev–Trinajstić information content (AvgIpc) is 2.88. The van der Waals surface area contributed by atoms with Crippen molar-refractivity contribution in [3.8, 4) is 0 Å². The van der Waals surface area contributed by atoms with E-state index >= 15 is 0 Å². The molecule has 124 valence electrons. The monoisotopic (exact) mass is 325 g/mol. The Kier molecular flexibility index (Phi) is 5.74. The van der Waals surface area contributed by atoms with Crippen LogP contribution in [0.1, 0.15) is 51.5 Å². The molecule has 1 fully saturated rings. The van der Waals surface area contributed by atoms with Gasteiger partial charge < -0.3 is 16.0 Å². The minimum absolute atomic E-state index is 0.0905. The molecule has 3 N–H and O–H groups in total. The van der Waals surface area contributed by atoms with Gasteiger partial charge in [-0.15, -0.1) is 10.2 Å². The van der Waals surface area contributed by atoms with Gasteiger partial charge >= 0.3 is 0 Å². The van der Waals surface area contributed by atoms with Crippen molar-refractivity contribution in [3.05, 3.63) is 5.01 Å². The SMILES string of the molecule is CCCN1CCC(CC(=O)NC(C)(C)c2nnc(N)s2)CC1. The predicted octanol–water partition coefficient (Wildman–Crippen LogP) is 1.98. The number of carbonyl (C=O) groups is 1. The van der Waals surface area contributed by atoms with Gasteiger partial charge in [0.15, 0.2) is 0 Å². The first-order chi connectivity index (χ1) is 10.4. The topological polar surface area (TPSA) is 84.1 Å². The number of nitrogen functional groups attached to an aromatic ring is 1. The fourth-order valence-corrected chi connectivity index (χ4v) is 3.60. The number of nitrogens with two attached hydrogens (primary N) is 1. The molecule has 0 aliphatic carbocycles. The zero-order valence-corrected chi connectivity index (χ0v) is 14.6. The van der Waals surface area contributed by atoms with E-state index in [4.69, 9.17) is 5.73 Å². The highest BCUT2D eigenvalue weighted by Crippen LogP contribution is 2.26. The standard InChI is InChI=1S/C15H27N5OS/c1-4-7-20-8-5-11(6-9-20)10-12(21)17-15(2,3)13-18-19-14(16)22-13/h11H,4-10H2,1-3H3,(H2,16,19)(H,17,21). The lowest BCUT2D eigenvalue weighted by Crippen LogP contribution is -2.42. The van der Waals surface area contributed by atoms with E-state index in [-0.39, 0.29) is 5.91 Å². The Labute approximate surface area is 136 Å². The van der Waals surface area contributed by atoms with Crippen molar-refractivity contribution in [2.24, 2.45) is 5.92 Å². The Morgan fingerprint density at radius 2 is 2.09 bits per heavy atom. The van der Waals surface area contributed by atoms with Gasteiger partial charge in [-0.1, -0.05) is 18.3 Å². The second-order valence-electron chi connectivity index (χ2n) is 6.61. The molecular weight excluding hydrogens is 298 g/mol. The summed E-state index contributed by atoms with van der Waals surface area (Å²) in [6.07, 6.45) is 4.02. The molecule has 1 amide bonds. The van der Waals surface area contributed by atoms with Gasteiger partial charge in [-0.25, -0.2) is 0 Å². The van der Waals surface area contributed by atoms with Crippen LogP contribution in [0.2, 0.25) is 0 Å². The van der Waals surface area contributed by atoms with Gasteiger partial charge in [0.1, 0.15) is 5.01 Å². The minimum atomic E-state index is -0.519. The number of nitrogens with zero attached hydrogens (tertiary/aromatic N) is 3. The molecule has 0 aromatic carbocycles. The Balaban J connectivity index is 1.81. The van der Waals surface area contributed by atoms with Crippen molar-refractivity contribution in [1.82, 2.24) is 20.4 Å². The summed E-state index contributed by atoms with van der Waals surface area (Å²) in [5.74, 6) is 0.580. The van der Waals surface area contributed by atoms with Gasteiger partial charge in [-0.2, -0.15) is 0 Å². The fraction of sp³-hybridized carbons (Fsp3) is 0.800. The van der Waals surface area contributed by atoms with Crippen molar-refractivity contribution in [1.29, 1.82) is 0 Å². The van der Waals surface area contributed by atoms with Crippen LogP contribution >= 0.6 is 11.3 Å². The number of carbonyl (C=O) groups excluding carboxylic acids is 1. The Morgan fingerprint density at radius 1 is 1.41 bits per heavy atom. The van der Waals surface area contributed by atoms with Crippen LogP contribution in [-0.2, 0) is 10.3 Å². The first-order valence-corrected chi connectivity index (χ1v) is 8.85. The molecule has 2 rings (SSSR count). The second-order valence-corrected chi connectivity index (χ2v) is 7.62. The molecule has 1 aromatic heterocycles. The highest BCUT2D eigenvalue weighted by atomic mass is 32.1. The van der Waals surface area contributed by atoms with Crippen LogP contribution in [0.25, 0.3) is 0 Å². The highest BCUT2D eigenvalue weighted by Gasteiger charge is 2.29. The maximum absolute atomic E-state index is 12.3. The molecule has 1 saturated heterocycles. The van der Waals surface area contributed by atoms with Crippen molar-refractivity contribution < 1.29 is 4.79 Å². The van der Waals surface area contributed by atoms with Crippen molar-refractivity contribution in [2.45, 2.75) is 52.0 Å². The second kappa shape index (κ2) is 7.37. The lowest BCUT2D eigenvalue weighted by Gasteiger charge is -2.32. The molecule has 22 heavy (non-hydrogen) atoms. The Morgan fingerprint density at radius 3 is 2.64 bits per heavy atom. The number of anilines is 1. The quantitative estimate of drug-likeness (QED) is 0.835. The van der Waals surface area contributed by atoms with Gasteiger partial charge in [0.25, 0.3) is 0 Å². The maximum atomic E-state index is 12.3. The van der Waals surface area contributed by atoms with Gasteiger partial charge in [-0.3, -0.25) is 4.79 Å². The Bertz CT molecular complexity index is 494. The minimum Gasteiger partial charge on any atom is -0.374 e. The Hall–Kier alpha value is -1.21. The van der Waals surface area contributed by atoms with Crippen molar-refractivity contribution in [2.75, 3.05) is 25.4 Å². The molecular formula is C15H27N5OS. The van der Waals surface area contributed by atoms with Gasteiger partial charge in [0.05, 0.1) is 5.54 Å². The molecule has 0 saturated carbocycles. The van der Waals surface area contributed by atoms with Crippen LogP contribution in [0.15, 0.2) is 0 Å². The van der Waals surface area contributed by atoms with Crippen LogP contribution in [0.4, 0.5) is 5.13 Å². The van der Waals surface area contributed by atoms with E-state index in [1.165, 1.54) is 24.3 Å². The summed E-state index contributed by atoms with van der Waals surface area (Å²) in [6, 6.07) is 0. The smallest absolute Gasteiger partial charge is 0.221 e. The zero-order chi connectivity index (χ0) is 16.2. The molecule has 0 bridgehead atoms. The van der Waals surface area contributed by atoms with Crippen molar-refractivity contribution in [3.63, 3.8) is 0 Å². The number of amides is 1. The zero-order valence-electron chi connectivity index (χ0n) is 13.8. The fourth-order valence-electron chi connectivity index (χ4n) is 2.93. The molecule has 0 atom stereocenters. The third-order valence-corrected chi connectivity index (χ3v) is 5.22. The number of hydrogen-bond acceptors (Lipinski definition) is 6. The van der Waals surface area contributed by atoms with Gasteiger partial charge in [0, 0.05) is 6.42 Å². The third-order valence-electron chi connectivity index (χ3n) is 4.15. The molecule has 7 heteroatoms. The maximum Gasteiger partial charge on any atom is 0.221 e. The summed E-state index contributed by atoms with van der Waals surface area (Å²) in [6.45, 7) is 9.49. The predicted molar refractivity (Wildman–Crippen MR) is 89.6 cm³/mol. The number of nitrogens with one attached hydrogen (secondary N) is 1. The van der Waals surface area contributed by atoms with Crippen LogP contribution in [0, 0.1) is 5.92 Å². The van der Waals surface area contributed by atoms with Crippen LogP contribution < -0.4 is 11.1 Å². The number of piperidine rings is 1. The molecule has 0 radical (unpaired) electrons. The molecule has 0 unspecified atom stereocenters. The third kappa shape index (κ3) is 4.64. The van der Waals surface area contributed by atoms with E-state index < -0.39 is 5.54 Å². The highest BCUT2D eigenvalue weighted by molar-refractivity contribution is 7.15. The summed E-state index contributed by atoms with van der Waals surface area (Å²) in [5.41, 5.74) is 5.10. The first-order valence-electron chi connectivity index (χ1n) is 8.03. The summed E-state index contributed by atoms with van der Waals surface area (Å²) in [7, 11) is 0. The van der Waals surface area contributed by atoms with E-state index in [0.717, 1.165) is 30.9 Å². The molecule has 1 aliphatic heterocycles. The van der Waals surface area contributed by atoms with Gasteiger partial charge in [0.2, 0.25) is 11.0 Å². The molecule has 1 aliphatic rings. The molecule has 1 aromatic rings. The molecule has 0 spiro atoms. The molecule has 2 heterocycles. The van der Waals surface area contributed by atoms with Crippen LogP contribution in [0.3, 0.4) is 0 Å². The number of rotatable bonds is 6. The van der Waals surface area contributed by atoms with Gasteiger partial charge in [-0.05, 0) is 58.7 Å². The van der Waals surface area contributed by atoms with Crippen molar-refractivity contribution >= 4 is 22.4 Å². The summed E-state index contributed by atoms with van der Waals surface area (Å²) < 4.78 is 0. The molecule has 6 nitrogen and oxygen atoms in total. The van der Waals surface area contributed by atoms with E-state index in [9.17, 15) is 4.79 Å².